The Morgan fingerprint density at radius 1 is 1.24 bits per heavy atom. The topological polar surface area (TPSA) is 92.6 Å². The molecule has 4 rings (SSSR count). The first kappa shape index (κ1) is 19.4. The maximum absolute atomic E-state index is 9.62. The molecule has 0 aliphatic carbocycles. The SMILES string of the molecule is CNc1nc(N2CCOC[C@@H]2C)c2ccc(-c3ccc(OC)c(CO)c3)nc2n1. The third-order valence-electron chi connectivity index (χ3n) is 5.15. The highest BCUT2D eigenvalue weighted by Crippen LogP contribution is 2.31. The van der Waals surface area contributed by atoms with Crippen LogP contribution in [-0.2, 0) is 11.3 Å². The molecule has 1 fully saturated rings. The highest BCUT2D eigenvalue weighted by molar-refractivity contribution is 5.90. The van der Waals surface area contributed by atoms with E-state index in [1.165, 1.54) is 0 Å². The van der Waals surface area contributed by atoms with Crippen molar-refractivity contribution in [2.24, 2.45) is 0 Å². The van der Waals surface area contributed by atoms with Crippen LogP contribution in [0.15, 0.2) is 30.3 Å². The highest BCUT2D eigenvalue weighted by atomic mass is 16.5. The van der Waals surface area contributed by atoms with Gasteiger partial charge in [0.15, 0.2) is 5.65 Å². The Morgan fingerprint density at radius 2 is 2.10 bits per heavy atom. The maximum Gasteiger partial charge on any atom is 0.226 e. The lowest BCUT2D eigenvalue weighted by molar-refractivity contribution is 0.0987. The van der Waals surface area contributed by atoms with Crippen LogP contribution in [0.1, 0.15) is 12.5 Å². The minimum atomic E-state index is -0.101. The molecule has 1 atom stereocenters. The first-order valence-corrected chi connectivity index (χ1v) is 9.63. The monoisotopic (exact) mass is 395 g/mol. The zero-order valence-corrected chi connectivity index (χ0v) is 16.8. The van der Waals surface area contributed by atoms with Crippen molar-refractivity contribution in [2.45, 2.75) is 19.6 Å². The molecule has 3 heterocycles. The summed E-state index contributed by atoms with van der Waals surface area (Å²) in [5.74, 6) is 2.04. The number of nitrogens with zero attached hydrogens (tertiary/aromatic N) is 4. The van der Waals surface area contributed by atoms with Crippen LogP contribution in [0, 0.1) is 0 Å². The fourth-order valence-electron chi connectivity index (χ4n) is 3.59. The number of rotatable bonds is 5. The lowest BCUT2D eigenvalue weighted by Crippen LogP contribution is -2.44. The van der Waals surface area contributed by atoms with Gasteiger partial charge < -0.3 is 24.8 Å². The number of pyridine rings is 1. The molecule has 1 saturated heterocycles. The van der Waals surface area contributed by atoms with E-state index in [0.29, 0.717) is 36.1 Å². The van der Waals surface area contributed by atoms with Crippen LogP contribution in [0.3, 0.4) is 0 Å². The Hall–Kier alpha value is -2.97. The van der Waals surface area contributed by atoms with Gasteiger partial charge in [0, 0.05) is 24.7 Å². The Balaban J connectivity index is 1.82. The van der Waals surface area contributed by atoms with Crippen molar-refractivity contribution in [3.63, 3.8) is 0 Å². The number of methoxy groups -OCH3 is 1. The van der Waals surface area contributed by atoms with Gasteiger partial charge in [0.1, 0.15) is 11.6 Å². The summed E-state index contributed by atoms with van der Waals surface area (Å²) < 4.78 is 10.9. The second-order valence-corrected chi connectivity index (χ2v) is 6.99. The summed E-state index contributed by atoms with van der Waals surface area (Å²) in [4.78, 5) is 16.3. The predicted molar refractivity (Wildman–Crippen MR) is 112 cm³/mol. The predicted octanol–water partition coefficient (Wildman–Crippen LogP) is 2.46. The molecule has 0 amide bonds. The van der Waals surface area contributed by atoms with E-state index in [2.05, 4.69) is 22.1 Å². The fourth-order valence-corrected chi connectivity index (χ4v) is 3.59. The molecule has 0 saturated carbocycles. The third-order valence-corrected chi connectivity index (χ3v) is 5.15. The van der Waals surface area contributed by atoms with Gasteiger partial charge >= 0.3 is 0 Å². The Kier molecular flexibility index (Phi) is 5.46. The smallest absolute Gasteiger partial charge is 0.226 e. The molecule has 1 aliphatic rings. The van der Waals surface area contributed by atoms with Gasteiger partial charge in [0.25, 0.3) is 0 Å². The molecule has 2 N–H and O–H groups in total. The molecular weight excluding hydrogens is 370 g/mol. The molecule has 1 aliphatic heterocycles. The molecule has 8 nitrogen and oxygen atoms in total. The molecule has 1 aromatic carbocycles. The van der Waals surface area contributed by atoms with Crippen molar-refractivity contribution in [2.75, 3.05) is 44.1 Å². The van der Waals surface area contributed by atoms with E-state index in [1.807, 2.05) is 30.3 Å². The van der Waals surface area contributed by atoms with Gasteiger partial charge in [-0.1, -0.05) is 0 Å². The van der Waals surface area contributed by atoms with Crippen molar-refractivity contribution >= 4 is 22.8 Å². The van der Waals surface area contributed by atoms with E-state index in [-0.39, 0.29) is 12.6 Å². The normalized spacial score (nSPS) is 16.8. The zero-order valence-electron chi connectivity index (χ0n) is 16.8. The van der Waals surface area contributed by atoms with Crippen molar-refractivity contribution in [1.29, 1.82) is 0 Å². The number of fused-ring (bicyclic) bond motifs is 1. The molecular formula is C21H25N5O3. The number of morpholine rings is 1. The first-order valence-electron chi connectivity index (χ1n) is 9.63. The highest BCUT2D eigenvalue weighted by Gasteiger charge is 2.23. The summed E-state index contributed by atoms with van der Waals surface area (Å²) in [5, 5.41) is 13.6. The molecule has 2 aromatic heterocycles. The molecule has 152 valence electrons. The van der Waals surface area contributed by atoms with E-state index in [9.17, 15) is 5.11 Å². The minimum Gasteiger partial charge on any atom is -0.496 e. The van der Waals surface area contributed by atoms with Gasteiger partial charge in [0.2, 0.25) is 5.95 Å². The summed E-state index contributed by atoms with van der Waals surface area (Å²) in [7, 11) is 3.39. The zero-order chi connectivity index (χ0) is 20.4. The van der Waals surface area contributed by atoms with E-state index >= 15 is 0 Å². The van der Waals surface area contributed by atoms with Crippen LogP contribution in [0.4, 0.5) is 11.8 Å². The number of hydrogen-bond donors (Lipinski definition) is 2. The molecule has 29 heavy (non-hydrogen) atoms. The lowest BCUT2D eigenvalue weighted by Gasteiger charge is -2.34. The second-order valence-electron chi connectivity index (χ2n) is 6.99. The van der Waals surface area contributed by atoms with Gasteiger partial charge in [-0.25, -0.2) is 4.98 Å². The second kappa shape index (κ2) is 8.18. The summed E-state index contributed by atoms with van der Waals surface area (Å²) in [6.07, 6.45) is 0. The number of benzene rings is 1. The number of aliphatic hydroxyl groups excluding tert-OH is 1. The molecule has 3 aromatic rings. The first-order chi connectivity index (χ1) is 14.1. The van der Waals surface area contributed by atoms with Crippen LogP contribution < -0.4 is 15.0 Å². The molecule has 0 bridgehead atoms. The van der Waals surface area contributed by atoms with Gasteiger partial charge in [-0.05, 0) is 37.3 Å². The summed E-state index contributed by atoms with van der Waals surface area (Å²) in [6.45, 7) is 4.14. The van der Waals surface area contributed by atoms with Crippen molar-refractivity contribution in [1.82, 2.24) is 15.0 Å². The number of nitrogens with one attached hydrogen (secondary N) is 1. The minimum absolute atomic E-state index is 0.101. The van der Waals surface area contributed by atoms with Gasteiger partial charge in [0.05, 0.1) is 44.1 Å². The van der Waals surface area contributed by atoms with E-state index in [4.69, 9.17) is 19.4 Å². The maximum atomic E-state index is 9.62. The van der Waals surface area contributed by atoms with Gasteiger partial charge in [-0.15, -0.1) is 0 Å². The van der Waals surface area contributed by atoms with E-state index in [1.54, 1.807) is 14.2 Å². The lowest BCUT2D eigenvalue weighted by atomic mass is 10.1. The van der Waals surface area contributed by atoms with Gasteiger partial charge in [-0.3, -0.25) is 0 Å². The largest absolute Gasteiger partial charge is 0.496 e. The van der Waals surface area contributed by atoms with Crippen LogP contribution in [0.25, 0.3) is 22.3 Å². The number of hydrogen-bond acceptors (Lipinski definition) is 8. The molecule has 0 spiro atoms. The molecule has 0 radical (unpaired) electrons. The van der Waals surface area contributed by atoms with Crippen molar-refractivity contribution < 1.29 is 14.6 Å². The number of ether oxygens (including phenoxy) is 2. The van der Waals surface area contributed by atoms with Crippen LogP contribution >= 0.6 is 0 Å². The quantitative estimate of drug-likeness (QED) is 0.681. The summed E-state index contributed by atoms with van der Waals surface area (Å²) in [6, 6.07) is 9.85. The van der Waals surface area contributed by atoms with Gasteiger partial charge in [-0.2, -0.15) is 9.97 Å². The molecule has 0 unspecified atom stereocenters. The Labute approximate surface area is 169 Å². The average molecular weight is 395 g/mol. The van der Waals surface area contributed by atoms with Crippen molar-refractivity contribution in [3.05, 3.63) is 35.9 Å². The van der Waals surface area contributed by atoms with E-state index in [0.717, 1.165) is 29.0 Å². The third kappa shape index (κ3) is 3.68. The summed E-state index contributed by atoms with van der Waals surface area (Å²) in [5.41, 5.74) is 3.00. The van der Waals surface area contributed by atoms with Crippen molar-refractivity contribution in [3.8, 4) is 17.0 Å². The molecule has 8 heteroatoms. The Bertz CT molecular complexity index is 1030. The number of aliphatic hydroxyl groups is 1. The number of aromatic nitrogens is 3. The van der Waals surface area contributed by atoms with Crippen LogP contribution in [-0.4, -0.2) is 60.0 Å². The van der Waals surface area contributed by atoms with Crippen LogP contribution in [0.2, 0.25) is 0 Å². The Morgan fingerprint density at radius 3 is 2.83 bits per heavy atom. The van der Waals surface area contributed by atoms with E-state index < -0.39 is 0 Å². The van der Waals surface area contributed by atoms with Crippen LogP contribution in [0.5, 0.6) is 5.75 Å². The average Bonchev–Trinajstić information content (AvgIpc) is 2.77. The fraction of sp³-hybridized carbons (Fsp3) is 0.381. The summed E-state index contributed by atoms with van der Waals surface area (Å²) >= 11 is 0. The standard InChI is InChI=1S/C21H25N5O3/c1-13-12-29-9-8-26(13)20-16-5-6-17(23-19(16)24-21(22-2)25-20)14-4-7-18(28-3)15(10-14)11-27/h4-7,10,13,27H,8-9,11-12H2,1-3H3,(H,22,23,24,25)/t13-/m0/s1. The number of anilines is 2.